The van der Waals surface area contributed by atoms with Crippen LogP contribution in [0.15, 0.2) is 60.7 Å². The van der Waals surface area contributed by atoms with Crippen molar-refractivity contribution >= 4 is 34.2 Å². The van der Waals surface area contributed by atoms with Gasteiger partial charge in [0.2, 0.25) is 0 Å². The number of nitrogens with zero attached hydrogens (tertiary/aromatic N) is 3. The first-order chi connectivity index (χ1) is 15.4. The molecule has 0 fully saturated rings. The largest absolute Gasteiger partial charge is 0.484 e. The Morgan fingerprint density at radius 2 is 1.81 bits per heavy atom. The first-order valence-corrected chi connectivity index (χ1v) is 11.0. The second kappa shape index (κ2) is 9.40. The number of hydrogen-bond donors (Lipinski definition) is 1. The van der Waals surface area contributed by atoms with E-state index in [1.54, 1.807) is 12.1 Å². The van der Waals surface area contributed by atoms with Crippen molar-refractivity contribution in [2.24, 2.45) is 0 Å². The Balaban J connectivity index is 1.40. The second-order valence-corrected chi connectivity index (χ2v) is 8.25. The first-order valence-electron chi connectivity index (χ1n) is 10.6. The van der Waals surface area contributed by atoms with E-state index in [9.17, 15) is 4.79 Å². The van der Waals surface area contributed by atoms with Crippen molar-refractivity contribution in [3.8, 4) is 11.4 Å². The molecule has 0 aliphatic rings. The van der Waals surface area contributed by atoms with Crippen molar-refractivity contribution in [3.05, 3.63) is 76.8 Å². The van der Waals surface area contributed by atoms with Crippen molar-refractivity contribution in [1.82, 2.24) is 15.0 Å². The summed E-state index contributed by atoms with van der Waals surface area (Å²) in [6.45, 7) is 6.22. The van der Waals surface area contributed by atoms with Crippen LogP contribution in [0.5, 0.6) is 5.75 Å². The van der Waals surface area contributed by atoms with Crippen LogP contribution < -0.4 is 10.1 Å². The van der Waals surface area contributed by atoms with Gasteiger partial charge in [-0.2, -0.15) is 4.80 Å². The Kier molecular flexibility index (Phi) is 6.42. The Morgan fingerprint density at radius 1 is 1.06 bits per heavy atom. The van der Waals surface area contributed by atoms with Gasteiger partial charge in [0.25, 0.3) is 5.91 Å². The Hall–Kier alpha value is -3.38. The zero-order chi connectivity index (χ0) is 22.7. The number of ether oxygens (including phenoxy) is 1. The number of fused-ring (bicyclic) bond motifs is 1. The van der Waals surface area contributed by atoms with E-state index >= 15 is 0 Å². The minimum atomic E-state index is -0.243. The molecule has 0 saturated heterocycles. The lowest BCUT2D eigenvalue weighted by molar-refractivity contribution is -0.118. The van der Waals surface area contributed by atoms with Crippen LogP contribution in [0.2, 0.25) is 5.02 Å². The highest BCUT2D eigenvalue weighted by Gasteiger charge is 2.10. The zero-order valence-corrected chi connectivity index (χ0v) is 19.1. The number of anilines is 1. The smallest absolute Gasteiger partial charge is 0.262 e. The summed E-state index contributed by atoms with van der Waals surface area (Å²) in [5.41, 5.74) is 5.05. The van der Waals surface area contributed by atoms with Crippen LogP contribution in [0.25, 0.3) is 16.7 Å². The number of carbonyl (C=O) groups is 1. The number of amides is 1. The molecule has 0 radical (unpaired) electrons. The van der Waals surface area contributed by atoms with E-state index in [2.05, 4.69) is 29.4 Å². The van der Waals surface area contributed by atoms with Gasteiger partial charge < -0.3 is 10.1 Å². The molecule has 4 aromatic rings. The molecule has 0 aliphatic carbocycles. The third-order valence-corrected chi connectivity index (χ3v) is 5.89. The van der Waals surface area contributed by atoms with Gasteiger partial charge in [-0.3, -0.25) is 4.79 Å². The van der Waals surface area contributed by atoms with Gasteiger partial charge in [-0.05, 0) is 72.9 Å². The van der Waals surface area contributed by atoms with Gasteiger partial charge in [0.1, 0.15) is 16.8 Å². The number of carbonyl (C=O) groups excluding carboxylic acids is 1. The number of aromatic nitrogens is 3. The quantitative estimate of drug-likeness (QED) is 0.381. The van der Waals surface area contributed by atoms with E-state index in [-0.39, 0.29) is 12.5 Å². The molecule has 32 heavy (non-hydrogen) atoms. The van der Waals surface area contributed by atoms with E-state index < -0.39 is 0 Å². The van der Waals surface area contributed by atoms with Gasteiger partial charge in [-0.15, -0.1) is 10.2 Å². The number of rotatable bonds is 7. The average Bonchev–Trinajstić information content (AvgIpc) is 3.23. The lowest BCUT2D eigenvalue weighted by Gasteiger charge is -2.11. The SMILES string of the molecule is CCC(C)c1ccc(OCC(=O)Nc2ccc3nn(-c4ccc(C)c(Cl)c4)nc3c2)cc1. The van der Waals surface area contributed by atoms with Gasteiger partial charge >= 0.3 is 0 Å². The summed E-state index contributed by atoms with van der Waals surface area (Å²) in [6.07, 6.45) is 1.08. The van der Waals surface area contributed by atoms with Crippen molar-refractivity contribution < 1.29 is 9.53 Å². The van der Waals surface area contributed by atoms with Gasteiger partial charge in [0, 0.05) is 10.7 Å². The molecule has 1 N–H and O–H groups in total. The summed E-state index contributed by atoms with van der Waals surface area (Å²) in [6, 6.07) is 18.9. The summed E-state index contributed by atoms with van der Waals surface area (Å²) in [5.74, 6) is 0.929. The van der Waals surface area contributed by atoms with Gasteiger partial charge in [-0.25, -0.2) is 0 Å². The van der Waals surface area contributed by atoms with Crippen LogP contribution in [0.3, 0.4) is 0 Å². The minimum absolute atomic E-state index is 0.0741. The monoisotopic (exact) mass is 448 g/mol. The molecule has 7 heteroatoms. The highest BCUT2D eigenvalue weighted by atomic mass is 35.5. The molecule has 1 atom stereocenters. The predicted molar refractivity (Wildman–Crippen MR) is 128 cm³/mol. The Labute approximate surface area is 192 Å². The maximum atomic E-state index is 12.3. The maximum absolute atomic E-state index is 12.3. The first kappa shape index (κ1) is 21.8. The van der Waals surface area contributed by atoms with Crippen LogP contribution in [0, 0.1) is 6.92 Å². The number of hydrogen-bond acceptors (Lipinski definition) is 4. The average molecular weight is 449 g/mol. The van der Waals surface area contributed by atoms with Crippen molar-refractivity contribution in [3.63, 3.8) is 0 Å². The normalized spacial score (nSPS) is 12.0. The minimum Gasteiger partial charge on any atom is -0.484 e. The molecule has 1 heterocycles. The molecule has 0 bridgehead atoms. The predicted octanol–water partition coefficient (Wildman–Crippen LogP) is 5.91. The number of aryl methyl sites for hydroxylation is 1. The fourth-order valence-corrected chi connectivity index (χ4v) is 3.46. The van der Waals surface area contributed by atoms with E-state index in [0.29, 0.717) is 27.9 Å². The standard InChI is InChI=1S/C25H25ClN4O2/c1-4-16(2)18-6-10-21(11-7-18)32-15-25(31)27-19-8-12-23-24(13-19)29-30(28-23)20-9-5-17(3)22(26)14-20/h5-14,16H,4,15H2,1-3H3,(H,27,31). The fraction of sp³-hybridized carbons (Fsp3) is 0.240. The molecule has 6 nitrogen and oxygen atoms in total. The summed E-state index contributed by atoms with van der Waals surface area (Å²) in [4.78, 5) is 13.9. The van der Waals surface area contributed by atoms with Crippen LogP contribution in [0.4, 0.5) is 5.69 Å². The molecule has 3 aromatic carbocycles. The fourth-order valence-electron chi connectivity index (χ4n) is 3.29. The molecule has 1 aromatic heterocycles. The Bertz CT molecular complexity index is 1250. The van der Waals surface area contributed by atoms with Crippen LogP contribution in [-0.4, -0.2) is 27.5 Å². The lowest BCUT2D eigenvalue weighted by atomic mass is 9.99. The Morgan fingerprint density at radius 3 is 2.53 bits per heavy atom. The van der Waals surface area contributed by atoms with E-state index in [1.165, 1.54) is 10.4 Å². The van der Waals surface area contributed by atoms with E-state index in [0.717, 1.165) is 23.2 Å². The van der Waals surface area contributed by atoms with Crippen molar-refractivity contribution in [2.45, 2.75) is 33.1 Å². The molecule has 1 unspecified atom stereocenters. The summed E-state index contributed by atoms with van der Waals surface area (Å²) in [5, 5.41) is 12.5. The van der Waals surface area contributed by atoms with Crippen LogP contribution >= 0.6 is 11.6 Å². The van der Waals surface area contributed by atoms with Crippen LogP contribution in [-0.2, 0) is 4.79 Å². The van der Waals surface area contributed by atoms with E-state index in [4.69, 9.17) is 16.3 Å². The van der Waals surface area contributed by atoms with Gasteiger partial charge in [-0.1, -0.05) is 43.6 Å². The van der Waals surface area contributed by atoms with Crippen molar-refractivity contribution in [1.29, 1.82) is 0 Å². The summed E-state index contributed by atoms with van der Waals surface area (Å²) in [7, 11) is 0. The molecule has 1 amide bonds. The van der Waals surface area contributed by atoms with Gasteiger partial charge in [0.05, 0.1) is 5.69 Å². The zero-order valence-electron chi connectivity index (χ0n) is 18.3. The molecular weight excluding hydrogens is 424 g/mol. The molecule has 0 saturated carbocycles. The molecule has 4 rings (SSSR count). The van der Waals surface area contributed by atoms with Crippen molar-refractivity contribution in [2.75, 3.05) is 11.9 Å². The molecule has 0 spiro atoms. The number of halogens is 1. The molecular formula is C25H25ClN4O2. The lowest BCUT2D eigenvalue weighted by Crippen LogP contribution is -2.20. The number of nitrogens with one attached hydrogen (secondary N) is 1. The summed E-state index contributed by atoms with van der Waals surface area (Å²) >= 11 is 6.22. The third kappa shape index (κ3) is 4.92. The van der Waals surface area contributed by atoms with E-state index in [1.807, 2.05) is 55.5 Å². The third-order valence-electron chi connectivity index (χ3n) is 5.48. The number of benzene rings is 3. The highest BCUT2D eigenvalue weighted by Crippen LogP contribution is 2.23. The topological polar surface area (TPSA) is 69.0 Å². The van der Waals surface area contributed by atoms with Crippen LogP contribution in [0.1, 0.15) is 37.3 Å². The maximum Gasteiger partial charge on any atom is 0.262 e. The highest BCUT2D eigenvalue weighted by molar-refractivity contribution is 6.31. The van der Waals surface area contributed by atoms with Gasteiger partial charge in [0.15, 0.2) is 6.61 Å². The second-order valence-electron chi connectivity index (χ2n) is 7.84. The summed E-state index contributed by atoms with van der Waals surface area (Å²) < 4.78 is 5.62. The molecule has 164 valence electrons. The molecule has 0 aliphatic heterocycles.